The molecule has 0 aliphatic rings. The van der Waals surface area contributed by atoms with Crippen molar-refractivity contribution in [3.8, 4) is 0 Å². The zero-order valence-corrected chi connectivity index (χ0v) is 9.19. The third-order valence-electron chi connectivity index (χ3n) is 2.19. The molecule has 4 nitrogen and oxygen atoms in total. The predicted octanol–water partition coefficient (Wildman–Crippen LogP) is 1.11. The predicted molar refractivity (Wildman–Crippen MR) is 57.6 cm³/mol. The fourth-order valence-corrected chi connectivity index (χ4v) is 1.33. The van der Waals surface area contributed by atoms with Crippen LogP contribution in [0.25, 0.3) is 0 Å². The summed E-state index contributed by atoms with van der Waals surface area (Å²) >= 11 is 0. The van der Waals surface area contributed by atoms with E-state index in [1.165, 1.54) is 0 Å². The summed E-state index contributed by atoms with van der Waals surface area (Å²) in [5.41, 5.74) is 0. The second-order valence-electron chi connectivity index (χ2n) is 3.28. The average Bonchev–Trinajstić information content (AvgIpc) is 2.75. The minimum atomic E-state index is 0.0876. The summed E-state index contributed by atoms with van der Waals surface area (Å²) < 4.78 is 10.5. The number of ether oxygens (including phenoxy) is 1. The lowest BCUT2D eigenvalue weighted by Crippen LogP contribution is -2.27. The molecule has 0 saturated carbocycles. The second kappa shape index (κ2) is 7.45. The summed E-state index contributed by atoms with van der Waals surface area (Å²) in [4.78, 5) is 2.23. The van der Waals surface area contributed by atoms with Gasteiger partial charge in [0.05, 0.1) is 32.6 Å². The lowest BCUT2D eigenvalue weighted by molar-refractivity contribution is 0.0718. The van der Waals surface area contributed by atoms with Crippen molar-refractivity contribution in [2.24, 2.45) is 0 Å². The largest absolute Gasteiger partial charge is 0.468 e. The molecule has 0 amide bonds. The maximum Gasteiger partial charge on any atom is 0.117 e. The molecule has 1 aromatic heterocycles. The Morgan fingerprint density at radius 3 is 2.93 bits per heavy atom. The van der Waals surface area contributed by atoms with Crippen molar-refractivity contribution in [1.29, 1.82) is 0 Å². The molecule has 0 saturated heterocycles. The standard InChI is InChI=1S/C11H19NO3/c1-2-12(5-8-14-9-6-13)10-11-4-3-7-15-11/h3-4,7,13H,2,5-6,8-10H2,1H3. The summed E-state index contributed by atoms with van der Waals surface area (Å²) in [6.45, 7) is 5.89. The quantitative estimate of drug-likeness (QED) is 0.657. The third kappa shape index (κ3) is 4.97. The number of nitrogens with zero attached hydrogens (tertiary/aromatic N) is 1. The molecule has 0 aliphatic heterocycles. The van der Waals surface area contributed by atoms with Crippen molar-refractivity contribution in [2.45, 2.75) is 13.5 Å². The zero-order chi connectivity index (χ0) is 10.9. The number of rotatable bonds is 8. The Hall–Kier alpha value is -0.840. The fourth-order valence-electron chi connectivity index (χ4n) is 1.33. The van der Waals surface area contributed by atoms with Crippen LogP contribution >= 0.6 is 0 Å². The van der Waals surface area contributed by atoms with Gasteiger partial charge < -0.3 is 14.3 Å². The van der Waals surface area contributed by atoms with Crippen LogP contribution in [0, 0.1) is 0 Å². The van der Waals surface area contributed by atoms with Crippen molar-refractivity contribution in [3.63, 3.8) is 0 Å². The number of aliphatic hydroxyl groups is 1. The summed E-state index contributed by atoms with van der Waals surface area (Å²) in [6, 6.07) is 3.86. The van der Waals surface area contributed by atoms with Crippen molar-refractivity contribution in [2.75, 3.05) is 32.9 Å². The van der Waals surface area contributed by atoms with Crippen LogP contribution in [-0.4, -0.2) is 42.9 Å². The van der Waals surface area contributed by atoms with E-state index in [9.17, 15) is 0 Å². The molecule has 86 valence electrons. The molecule has 1 heterocycles. The van der Waals surface area contributed by atoms with Crippen LogP contribution in [0.3, 0.4) is 0 Å². The summed E-state index contributed by atoms with van der Waals surface area (Å²) in [5.74, 6) is 0.971. The Morgan fingerprint density at radius 2 is 2.33 bits per heavy atom. The van der Waals surface area contributed by atoms with Gasteiger partial charge in [-0.05, 0) is 18.7 Å². The fraction of sp³-hybridized carbons (Fsp3) is 0.636. The molecule has 1 rings (SSSR count). The molecule has 0 aliphatic carbocycles. The van der Waals surface area contributed by atoms with Crippen molar-refractivity contribution >= 4 is 0 Å². The molecule has 1 N–H and O–H groups in total. The van der Waals surface area contributed by atoms with Gasteiger partial charge in [0.2, 0.25) is 0 Å². The van der Waals surface area contributed by atoms with E-state index < -0.39 is 0 Å². The van der Waals surface area contributed by atoms with Crippen LogP contribution in [-0.2, 0) is 11.3 Å². The normalized spacial score (nSPS) is 11.1. The maximum absolute atomic E-state index is 8.54. The first-order valence-corrected chi connectivity index (χ1v) is 5.30. The highest BCUT2D eigenvalue weighted by Crippen LogP contribution is 2.04. The molecule has 0 fully saturated rings. The van der Waals surface area contributed by atoms with E-state index in [-0.39, 0.29) is 6.61 Å². The Kier molecular flexibility index (Phi) is 6.08. The maximum atomic E-state index is 8.54. The van der Waals surface area contributed by atoms with Gasteiger partial charge >= 0.3 is 0 Å². The molecule has 0 spiro atoms. The Morgan fingerprint density at radius 1 is 1.47 bits per heavy atom. The number of hydrogen-bond acceptors (Lipinski definition) is 4. The monoisotopic (exact) mass is 213 g/mol. The van der Waals surface area contributed by atoms with Crippen LogP contribution < -0.4 is 0 Å². The van der Waals surface area contributed by atoms with Crippen LogP contribution in [0.5, 0.6) is 0 Å². The van der Waals surface area contributed by atoms with Gasteiger partial charge in [-0.1, -0.05) is 6.92 Å². The number of hydrogen-bond donors (Lipinski definition) is 1. The van der Waals surface area contributed by atoms with E-state index in [2.05, 4.69) is 11.8 Å². The highest BCUT2D eigenvalue weighted by Gasteiger charge is 2.04. The minimum Gasteiger partial charge on any atom is -0.468 e. The highest BCUT2D eigenvalue weighted by atomic mass is 16.5. The zero-order valence-electron chi connectivity index (χ0n) is 9.19. The highest BCUT2D eigenvalue weighted by molar-refractivity contribution is 4.97. The summed E-state index contributed by atoms with van der Waals surface area (Å²) in [5, 5.41) is 8.54. The van der Waals surface area contributed by atoms with E-state index in [4.69, 9.17) is 14.3 Å². The van der Waals surface area contributed by atoms with Crippen LogP contribution in [0.4, 0.5) is 0 Å². The smallest absolute Gasteiger partial charge is 0.117 e. The van der Waals surface area contributed by atoms with Gasteiger partial charge in [-0.15, -0.1) is 0 Å². The van der Waals surface area contributed by atoms with Crippen molar-refractivity contribution in [3.05, 3.63) is 24.2 Å². The van der Waals surface area contributed by atoms with E-state index in [0.717, 1.165) is 25.4 Å². The molecule has 0 unspecified atom stereocenters. The first kappa shape index (κ1) is 12.2. The first-order valence-electron chi connectivity index (χ1n) is 5.30. The molecule has 0 aromatic carbocycles. The van der Waals surface area contributed by atoms with Gasteiger partial charge in [0.25, 0.3) is 0 Å². The summed E-state index contributed by atoms with van der Waals surface area (Å²) in [6.07, 6.45) is 1.69. The van der Waals surface area contributed by atoms with Gasteiger partial charge in [0, 0.05) is 6.54 Å². The topological polar surface area (TPSA) is 45.8 Å². The van der Waals surface area contributed by atoms with Crippen molar-refractivity contribution in [1.82, 2.24) is 4.90 Å². The molecule has 0 radical (unpaired) electrons. The Balaban J connectivity index is 2.18. The lowest BCUT2D eigenvalue weighted by atomic mass is 10.4. The molecule has 15 heavy (non-hydrogen) atoms. The van der Waals surface area contributed by atoms with E-state index in [1.807, 2.05) is 12.1 Å². The second-order valence-corrected chi connectivity index (χ2v) is 3.28. The van der Waals surface area contributed by atoms with Crippen LogP contribution in [0.2, 0.25) is 0 Å². The van der Waals surface area contributed by atoms with Crippen LogP contribution in [0.15, 0.2) is 22.8 Å². The van der Waals surface area contributed by atoms with E-state index >= 15 is 0 Å². The lowest BCUT2D eigenvalue weighted by Gasteiger charge is -2.18. The first-order chi connectivity index (χ1) is 7.36. The van der Waals surface area contributed by atoms with E-state index in [1.54, 1.807) is 6.26 Å². The van der Waals surface area contributed by atoms with Gasteiger partial charge in [-0.3, -0.25) is 4.90 Å². The number of furan rings is 1. The third-order valence-corrected chi connectivity index (χ3v) is 2.19. The Bertz CT molecular complexity index is 236. The SMILES string of the molecule is CCN(CCOCCO)Cc1ccco1. The van der Waals surface area contributed by atoms with Gasteiger partial charge in [0.15, 0.2) is 0 Å². The molecule has 4 heteroatoms. The van der Waals surface area contributed by atoms with Gasteiger partial charge in [-0.25, -0.2) is 0 Å². The minimum absolute atomic E-state index is 0.0876. The Labute approximate surface area is 90.4 Å². The molecule has 0 atom stereocenters. The van der Waals surface area contributed by atoms with Crippen LogP contribution in [0.1, 0.15) is 12.7 Å². The number of likely N-dealkylation sites (N-methyl/N-ethyl adjacent to an activating group) is 1. The van der Waals surface area contributed by atoms with E-state index in [0.29, 0.717) is 13.2 Å². The number of aliphatic hydroxyl groups excluding tert-OH is 1. The molecule has 1 aromatic rings. The average molecular weight is 213 g/mol. The molecular formula is C11H19NO3. The summed E-state index contributed by atoms with van der Waals surface area (Å²) in [7, 11) is 0. The molecule has 0 bridgehead atoms. The molecular weight excluding hydrogens is 194 g/mol. The van der Waals surface area contributed by atoms with Gasteiger partial charge in [0.1, 0.15) is 5.76 Å². The van der Waals surface area contributed by atoms with Gasteiger partial charge in [-0.2, -0.15) is 0 Å². The van der Waals surface area contributed by atoms with Crippen molar-refractivity contribution < 1.29 is 14.3 Å².